The lowest BCUT2D eigenvalue weighted by Crippen LogP contribution is -2.25. The van der Waals surface area contributed by atoms with Crippen LogP contribution in [0.15, 0.2) is 6.20 Å². The van der Waals surface area contributed by atoms with E-state index in [4.69, 9.17) is 4.74 Å². The molecule has 1 aromatic rings. The van der Waals surface area contributed by atoms with Crippen LogP contribution in [0.5, 0.6) is 0 Å². The first kappa shape index (κ1) is 16.1. The minimum atomic E-state index is 0.470. The summed E-state index contributed by atoms with van der Waals surface area (Å²) in [5.74, 6) is 0. The fraction of sp³-hybridized carbons (Fsp3) is 0.846. The zero-order chi connectivity index (χ0) is 14.1. The summed E-state index contributed by atoms with van der Waals surface area (Å²) in [6.45, 7) is 8.74. The maximum atomic E-state index is 5.04. The van der Waals surface area contributed by atoms with Crippen molar-refractivity contribution < 1.29 is 4.74 Å². The molecular formula is C13H27N5O. The molecule has 0 aliphatic carbocycles. The zero-order valence-corrected chi connectivity index (χ0v) is 12.6. The summed E-state index contributed by atoms with van der Waals surface area (Å²) in [7, 11) is 3.86. The van der Waals surface area contributed by atoms with Crippen molar-refractivity contribution in [3.05, 3.63) is 11.9 Å². The van der Waals surface area contributed by atoms with Gasteiger partial charge in [0.25, 0.3) is 0 Å². The van der Waals surface area contributed by atoms with Gasteiger partial charge in [0, 0.05) is 45.6 Å². The van der Waals surface area contributed by atoms with Gasteiger partial charge in [-0.05, 0) is 13.5 Å². The van der Waals surface area contributed by atoms with Crippen molar-refractivity contribution in [2.45, 2.75) is 39.4 Å². The molecule has 1 N–H and O–H groups in total. The lowest BCUT2D eigenvalue weighted by atomic mass is 10.3. The second kappa shape index (κ2) is 9.01. The molecule has 0 saturated carbocycles. The number of hydrogen-bond donors (Lipinski definition) is 1. The van der Waals surface area contributed by atoms with Crippen molar-refractivity contribution in [1.29, 1.82) is 0 Å². The van der Waals surface area contributed by atoms with Gasteiger partial charge < -0.3 is 15.0 Å². The van der Waals surface area contributed by atoms with Crippen LogP contribution >= 0.6 is 0 Å². The van der Waals surface area contributed by atoms with E-state index in [0.717, 1.165) is 44.9 Å². The van der Waals surface area contributed by atoms with E-state index < -0.39 is 0 Å². The van der Waals surface area contributed by atoms with Gasteiger partial charge in [-0.1, -0.05) is 19.1 Å². The molecule has 0 bridgehead atoms. The molecule has 0 fully saturated rings. The zero-order valence-electron chi connectivity index (χ0n) is 12.6. The molecule has 0 atom stereocenters. The Balaban J connectivity index is 2.22. The molecule has 1 aromatic heterocycles. The van der Waals surface area contributed by atoms with Crippen LogP contribution in [0.25, 0.3) is 0 Å². The van der Waals surface area contributed by atoms with Gasteiger partial charge in [0.1, 0.15) is 0 Å². The SMILES string of the molecule is COCCCN(C)CCn1cc(CNC(C)C)nn1. The average Bonchev–Trinajstić information content (AvgIpc) is 2.82. The number of aromatic nitrogens is 3. The van der Waals surface area contributed by atoms with Gasteiger partial charge in [-0.15, -0.1) is 5.10 Å². The molecule has 6 nitrogen and oxygen atoms in total. The van der Waals surface area contributed by atoms with E-state index in [1.165, 1.54) is 0 Å². The van der Waals surface area contributed by atoms with Crippen LogP contribution in [0.4, 0.5) is 0 Å². The highest BCUT2D eigenvalue weighted by Gasteiger charge is 2.03. The van der Waals surface area contributed by atoms with Gasteiger partial charge in [-0.25, -0.2) is 0 Å². The van der Waals surface area contributed by atoms with Crippen LogP contribution in [0.2, 0.25) is 0 Å². The van der Waals surface area contributed by atoms with Gasteiger partial charge in [0.05, 0.1) is 12.2 Å². The predicted octanol–water partition coefficient (Wildman–Crippen LogP) is 0.744. The van der Waals surface area contributed by atoms with Crippen molar-refractivity contribution in [1.82, 2.24) is 25.2 Å². The van der Waals surface area contributed by atoms with Crippen molar-refractivity contribution in [2.75, 3.05) is 33.9 Å². The summed E-state index contributed by atoms with van der Waals surface area (Å²) in [6, 6.07) is 0.470. The quantitative estimate of drug-likeness (QED) is 0.635. The number of likely N-dealkylation sites (N-methyl/N-ethyl adjacent to an activating group) is 1. The van der Waals surface area contributed by atoms with E-state index >= 15 is 0 Å². The van der Waals surface area contributed by atoms with Crippen LogP contribution in [0, 0.1) is 0 Å². The van der Waals surface area contributed by atoms with Crippen molar-refractivity contribution in [2.24, 2.45) is 0 Å². The van der Waals surface area contributed by atoms with Crippen LogP contribution < -0.4 is 5.32 Å². The van der Waals surface area contributed by atoms with E-state index in [1.54, 1.807) is 7.11 Å². The summed E-state index contributed by atoms with van der Waals surface area (Å²) in [6.07, 6.45) is 3.08. The lowest BCUT2D eigenvalue weighted by Gasteiger charge is -2.15. The Morgan fingerprint density at radius 1 is 1.42 bits per heavy atom. The highest BCUT2D eigenvalue weighted by molar-refractivity contribution is 4.91. The maximum Gasteiger partial charge on any atom is 0.0964 e. The number of nitrogens with zero attached hydrogens (tertiary/aromatic N) is 4. The normalized spacial score (nSPS) is 11.7. The van der Waals surface area contributed by atoms with Gasteiger partial charge in [-0.2, -0.15) is 0 Å². The minimum Gasteiger partial charge on any atom is -0.385 e. The number of nitrogens with one attached hydrogen (secondary N) is 1. The second-order valence-corrected chi connectivity index (χ2v) is 5.16. The summed E-state index contributed by atoms with van der Waals surface area (Å²) in [5, 5.41) is 11.6. The Labute approximate surface area is 116 Å². The molecule has 0 amide bonds. The fourth-order valence-corrected chi connectivity index (χ4v) is 1.70. The van der Waals surface area contributed by atoms with E-state index in [-0.39, 0.29) is 0 Å². The minimum absolute atomic E-state index is 0.470. The highest BCUT2D eigenvalue weighted by Crippen LogP contribution is 1.95. The molecule has 0 aliphatic heterocycles. The summed E-state index contributed by atoms with van der Waals surface area (Å²) in [5.41, 5.74) is 0.996. The third kappa shape index (κ3) is 7.25. The molecule has 0 spiro atoms. The molecule has 6 heteroatoms. The fourth-order valence-electron chi connectivity index (χ4n) is 1.70. The number of methoxy groups -OCH3 is 1. The predicted molar refractivity (Wildman–Crippen MR) is 76.0 cm³/mol. The lowest BCUT2D eigenvalue weighted by molar-refractivity contribution is 0.178. The third-order valence-corrected chi connectivity index (χ3v) is 2.88. The van der Waals surface area contributed by atoms with E-state index in [0.29, 0.717) is 6.04 Å². The molecule has 0 saturated heterocycles. The van der Waals surface area contributed by atoms with Gasteiger partial charge in [0.15, 0.2) is 0 Å². The Bertz CT molecular complexity index is 340. The molecule has 0 unspecified atom stereocenters. The van der Waals surface area contributed by atoms with Crippen LogP contribution in [0.1, 0.15) is 26.0 Å². The van der Waals surface area contributed by atoms with E-state index in [2.05, 4.69) is 41.4 Å². The first-order valence-electron chi connectivity index (χ1n) is 6.91. The van der Waals surface area contributed by atoms with Crippen molar-refractivity contribution in [3.8, 4) is 0 Å². The average molecular weight is 269 g/mol. The molecule has 1 heterocycles. The summed E-state index contributed by atoms with van der Waals surface area (Å²) in [4.78, 5) is 2.28. The Kier molecular flexibility index (Phi) is 7.62. The first-order valence-corrected chi connectivity index (χ1v) is 6.91. The third-order valence-electron chi connectivity index (χ3n) is 2.88. The first-order chi connectivity index (χ1) is 9.11. The number of hydrogen-bond acceptors (Lipinski definition) is 5. The number of ether oxygens (including phenoxy) is 1. The Hall–Kier alpha value is -0.980. The molecule has 1 rings (SSSR count). The number of rotatable bonds is 10. The van der Waals surface area contributed by atoms with Crippen LogP contribution in [-0.2, 0) is 17.8 Å². The van der Waals surface area contributed by atoms with E-state index in [9.17, 15) is 0 Å². The van der Waals surface area contributed by atoms with Gasteiger partial charge in [-0.3, -0.25) is 4.68 Å². The van der Waals surface area contributed by atoms with E-state index in [1.807, 2.05) is 10.9 Å². The highest BCUT2D eigenvalue weighted by atomic mass is 16.5. The van der Waals surface area contributed by atoms with Crippen LogP contribution in [0.3, 0.4) is 0 Å². The monoisotopic (exact) mass is 269 g/mol. The Morgan fingerprint density at radius 3 is 2.89 bits per heavy atom. The molecule has 110 valence electrons. The van der Waals surface area contributed by atoms with Gasteiger partial charge in [0.2, 0.25) is 0 Å². The van der Waals surface area contributed by atoms with Crippen LogP contribution in [-0.4, -0.2) is 59.8 Å². The topological polar surface area (TPSA) is 55.2 Å². The molecule has 0 radical (unpaired) electrons. The van der Waals surface area contributed by atoms with Crippen molar-refractivity contribution in [3.63, 3.8) is 0 Å². The molecule has 0 aromatic carbocycles. The summed E-state index contributed by atoms with van der Waals surface area (Å²) >= 11 is 0. The second-order valence-electron chi connectivity index (χ2n) is 5.16. The smallest absolute Gasteiger partial charge is 0.0964 e. The Morgan fingerprint density at radius 2 is 2.21 bits per heavy atom. The molecule has 19 heavy (non-hydrogen) atoms. The van der Waals surface area contributed by atoms with Crippen molar-refractivity contribution >= 4 is 0 Å². The standard InChI is InChI=1S/C13H27N5O/c1-12(2)14-10-13-11-18(16-15-13)8-7-17(3)6-5-9-19-4/h11-12,14H,5-10H2,1-4H3. The largest absolute Gasteiger partial charge is 0.385 e. The summed E-state index contributed by atoms with van der Waals surface area (Å²) < 4.78 is 6.95. The van der Waals surface area contributed by atoms with Gasteiger partial charge >= 0.3 is 0 Å². The maximum absolute atomic E-state index is 5.04. The molecule has 0 aliphatic rings. The molecular weight excluding hydrogens is 242 g/mol.